The van der Waals surface area contributed by atoms with E-state index in [1.54, 1.807) is 29.6 Å². The third-order valence-corrected chi connectivity index (χ3v) is 6.31. The van der Waals surface area contributed by atoms with Crippen molar-refractivity contribution in [1.29, 1.82) is 0 Å². The summed E-state index contributed by atoms with van der Waals surface area (Å²) in [7, 11) is -3.55. The number of hydrogen-bond donors (Lipinski definition) is 1. The molecular weight excluding hydrogens is 342 g/mol. The maximum atomic E-state index is 12.3. The van der Waals surface area contributed by atoms with Gasteiger partial charge in [-0.3, -0.25) is 4.72 Å². The molecule has 1 N–H and O–H groups in total. The number of anilines is 1. The first-order valence-electron chi connectivity index (χ1n) is 7.22. The molecule has 0 bridgehead atoms. The van der Waals surface area contributed by atoms with E-state index in [0.717, 1.165) is 16.9 Å². The van der Waals surface area contributed by atoms with Crippen molar-refractivity contribution in [3.05, 3.63) is 72.4 Å². The SMILES string of the molecule is O=S(=O)(Nc1cccc(-c2cn3ccccc3n2)c1)c1cccs1. The molecule has 0 saturated carbocycles. The zero-order chi connectivity index (χ0) is 16.6. The van der Waals surface area contributed by atoms with Crippen LogP contribution in [0.1, 0.15) is 0 Å². The molecule has 0 saturated heterocycles. The molecule has 4 aromatic rings. The van der Waals surface area contributed by atoms with Crippen LogP contribution in [0.5, 0.6) is 0 Å². The minimum absolute atomic E-state index is 0.292. The molecule has 0 aliphatic carbocycles. The Morgan fingerprint density at radius 1 is 1.04 bits per heavy atom. The first kappa shape index (κ1) is 14.9. The van der Waals surface area contributed by atoms with Crippen LogP contribution in [0.15, 0.2) is 76.6 Å². The third-order valence-electron chi connectivity index (χ3n) is 3.53. The van der Waals surface area contributed by atoms with Gasteiger partial charge < -0.3 is 4.40 Å². The Bertz CT molecular complexity index is 1070. The van der Waals surface area contributed by atoms with Gasteiger partial charge >= 0.3 is 0 Å². The zero-order valence-corrected chi connectivity index (χ0v) is 14.1. The predicted molar refractivity (Wildman–Crippen MR) is 95.8 cm³/mol. The Hall–Kier alpha value is -2.64. The zero-order valence-electron chi connectivity index (χ0n) is 12.5. The number of benzene rings is 1. The van der Waals surface area contributed by atoms with Gasteiger partial charge in [0.2, 0.25) is 0 Å². The molecular formula is C17H13N3O2S2. The number of nitrogens with zero attached hydrogens (tertiary/aromatic N) is 2. The van der Waals surface area contributed by atoms with Gasteiger partial charge in [0.1, 0.15) is 9.86 Å². The highest BCUT2D eigenvalue weighted by molar-refractivity contribution is 7.94. The normalized spacial score (nSPS) is 11.7. The number of sulfonamides is 1. The maximum Gasteiger partial charge on any atom is 0.271 e. The average molecular weight is 355 g/mol. The van der Waals surface area contributed by atoms with Gasteiger partial charge in [-0.2, -0.15) is 0 Å². The molecule has 0 aliphatic rings. The van der Waals surface area contributed by atoms with Crippen LogP contribution in [0.25, 0.3) is 16.9 Å². The monoisotopic (exact) mass is 355 g/mol. The fraction of sp³-hybridized carbons (Fsp3) is 0. The van der Waals surface area contributed by atoms with Crippen molar-refractivity contribution in [1.82, 2.24) is 9.38 Å². The topological polar surface area (TPSA) is 63.5 Å². The van der Waals surface area contributed by atoms with Crippen molar-refractivity contribution < 1.29 is 8.42 Å². The van der Waals surface area contributed by atoms with Crippen molar-refractivity contribution in [2.24, 2.45) is 0 Å². The van der Waals surface area contributed by atoms with Gasteiger partial charge in [0.15, 0.2) is 0 Å². The molecule has 0 radical (unpaired) electrons. The maximum absolute atomic E-state index is 12.3. The molecule has 1 aromatic carbocycles. The summed E-state index contributed by atoms with van der Waals surface area (Å²) in [5, 5.41) is 1.74. The summed E-state index contributed by atoms with van der Waals surface area (Å²) in [4.78, 5) is 4.56. The van der Waals surface area contributed by atoms with Gasteiger partial charge in [-0.25, -0.2) is 13.4 Å². The molecule has 0 amide bonds. The lowest BCUT2D eigenvalue weighted by molar-refractivity contribution is 0.603. The van der Waals surface area contributed by atoms with E-state index < -0.39 is 10.0 Å². The largest absolute Gasteiger partial charge is 0.306 e. The molecule has 5 nitrogen and oxygen atoms in total. The highest BCUT2D eigenvalue weighted by Gasteiger charge is 2.15. The van der Waals surface area contributed by atoms with E-state index >= 15 is 0 Å². The quantitative estimate of drug-likeness (QED) is 0.604. The Morgan fingerprint density at radius 2 is 1.96 bits per heavy atom. The van der Waals surface area contributed by atoms with Crippen LogP contribution < -0.4 is 4.72 Å². The van der Waals surface area contributed by atoms with E-state index in [9.17, 15) is 8.42 Å². The highest BCUT2D eigenvalue weighted by Crippen LogP contribution is 2.25. The first-order chi connectivity index (χ1) is 11.6. The summed E-state index contributed by atoms with van der Waals surface area (Å²) >= 11 is 1.19. The van der Waals surface area contributed by atoms with Crippen LogP contribution in [-0.4, -0.2) is 17.8 Å². The van der Waals surface area contributed by atoms with Crippen LogP contribution in [0, 0.1) is 0 Å². The van der Waals surface area contributed by atoms with Gasteiger partial charge in [-0.1, -0.05) is 24.3 Å². The van der Waals surface area contributed by atoms with Gasteiger partial charge in [0.25, 0.3) is 10.0 Å². The number of nitrogens with one attached hydrogen (secondary N) is 1. The number of pyridine rings is 1. The lowest BCUT2D eigenvalue weighted by Crippen LogP contribution is -2.11. The van der Waals surface area contributed by atoms with E-state index in [-0.39, 0.29) is 0 Å². The fourth-order valence-electron chi connectivity index (χ4n) is 2.44. The van der Waals surface area contributed by atoms with Crippen molar-refractivity contribution in [3.63, 3.8) is 0 Å². The smallest absolute Gasteiger partial charge is 0.271 e. The number of imidazole rings is 1. The van der Waals surface area contributed by atoms with Crippen LogP contribution in [-0.2, 0) is 10.0 Å². The van der Waals surface area contributed by atoms with E-state index in [1.165, 1.54) is 11.3 Å². The summed E-state index contributed by atoms with van der Waals surface area (Å²) in [6.45, 7) is 0. The van der Waals surface area contributed by atoms with E-state index in [2.05, 4.69) is 9.71 Å². The summed E-state index contributed by atoms with van der Waals surface area (Å²) < 4.78 is 29.5. The van der Waals surface area contributed by atoms with Crippen LogP contribution in [0.3, 0.4) is 0 Å². The van der Waals surface area contributed by atoms with Crippen LogP contribution >= 0.6 is 11.3 Å². The number of aromatic nitrogens is 2. The summed E-state index contributed by atoms with van der Waals surface area (Å²) in [5.41, 5.74) is 3.00. The van der Waals surface area contributed by atoms with E-state index in [1.807, 2.05) is 47.1 Å². The number of thiophene rings is 1. The summed E-state index contributed by atoms with van der Waals surface area (Å²) in [6, 6.07) is 16.3. The fourth-order valence-corrected chi connectivity index (χ4v) is 4.48. The minimum Gasteiger partial charge on any atom is -0.306 e. The molecule has 24 heavy (non-hydrogen) atoms. The van der Waals surface area contributed by atoms with Crippen LogP contribution in [0.4, 0.5) is 5.69 Å². The van der Waals surface area contributed by atoms with E-state index in [4.69, 9.17) is 0 Å². The first-order valence-corrected chi connectivity index (χ1v) is 9.59. The Morgan fingerprint density at radius 3 is 2.75 bits per heavy atom. The van der Waals surface area contributed by atoms with Crippen molar-refractivity contribution in [2.45, 2.75) is 4.21 Å². The predicted octanol–water partition coefficient (Wildman–Crippen LogP) is 3.86. The molecule has 7 heteroatoms. The minimum atomic E-state index is -3.55. The Kier molecular flexibility index (Phi) is 3.59. The number of rotatable bonds is 4. The van der Waals surface area contributed by atoms with E-state index in [0.29, 0.717) is 9.90 Å². The van der Waals surface area contributed by atoms with Gasteiger partial charge in [-0.05, 0) is 35.7 Å². The molecule has 0 atom stereocenters. The van der Waals surface area contributed by atoms with Crippen molar-refractivity contribution in [3.8, 4) is 11.3 Å². The van der Waals surface area contributed by atoms with Gasteiger partial charge in [0, 0.05) is 23.6 Å². The summed E-state index contributed by atoms with van der Waals surface area (Å²) in [5.74, 6) is 0. The average Bonchev–Trinajstić information content (AvgIpc) is 3.24. The summed E-state index contributed by atoms with van der Waals surface area (Å²) in [6.07, 6.45) is 3.84. The van der Waals surface area contributed by atoms with Gasteiger partial charge in [-0.15, -0.1) is 11.3 Å². The molecule has 3 heterocycles. The highest BCUT2D eigenvalue weighted by atomic mass is 32.2. The molecule has 4 rings (SSSR count). The third kappa shape index (κ3) is 2.79. The Labute approximate surface area is 143 Å². The second-order valence-corrected chi connectivity index (χ2v) is 8.07. The molecule has 0 unspecified atom stereocenters. The number of fused-ring (bicyclic) bond motifs is 1. The molecule has 3 aromatic heterocycles. The standard InChI is InChI=1S/C17H13N3O2S2/c21-24(22,17-8-4-10-23-17)19-14-6-3-5-13(11-14)15-12-20-9-2-1-7-16(20)18-15/h1-12,19H. The second-order valence-electron chi connectivity index (χ2n) is 5.21. The molecule has 120 valence electrons. The van der Waals surface area contributed by atoms with Crippen LogP contribution in [0.2, 0.25) is 0 Å². The molecule has 0 spiro atoms. The van der Waals surface area contributed by atoms with Crippen molar-refractivity contribution in [2.75, 3.05) is 4.72 Å². The molecule has 0 fully saturated rings. The number of hydrogen-bond acceptors (Lipinski definition) is 4. The lowest BCUT2D eigenvalue weighted by atomic mass is 10.1. The molecule has 0 aliphatic heterocycles. The Balaban J connectivity index is 1.69. The van der Waals surface area contributed by atoms with Crippen molar-refractivity contribution >= 4 is 32.7 Å². The van der Waals surface area contributed by atoms with Gasteiger partial charge in [0.05, 0.1) is 5.69 Å². The second kappa shape index (κ2) is 5.77. The lowest BCUT2D eigenvalue weighted by Gasteiger charge is -2.07.